The average Bonchev–Trinajstić information content (AvgIpc) is 3.12. The number of nitrogens with one attached hydrogen (secondary N) is 1. The van der Waals surface area contributed by atoms with Gasteiger partial charge >= 0.3 is 0 Å². The molecular formula is C15H18N2O4S. The molecule has 2 atom stereocenters. The quantitative estimate of drug-likeness (QED) is 0.881. The summed E-state index contributed by atoms with van der Waals surface area (Å²) in [6.45, 7) is 0. The van der Waals surface area contributed by atoms with Gasteiger partial charge < -0.3 is 9.26 Å². The minimum absolute atomic E-state index is 0.144. The van der Waals surface area contributed by atoms with Crippen LogP contribution in [-0.2, 0) is 15.8 Å². The second kappa shape index (κ2) is 6.50. The summed E-state index contributed by atoms with van der Waals surface area (Å²) in [6, 6.07) is 10.8. The monoisotopic (exact) mass is 322 g/mol. The molecule has 1 aliphatic rings. The van der Waals surface area contributed by atoms with Gasteiger partial charge in [0.1, 0.15) is 23.9 Å². The SMILES string of the molecule is O=S(=O)(Cc1ccon1)N[C@H]1CCC[C@@H]1Oc1ccccc1. The van der Waals surface area contributed by atoms with Gasteiger partial charge in [-0.1, -0.05) is 23.4 Å². The van der Waals surface area contributed by atoms with Crippen molar-refractivity contribution in [2.24, 2.45) is 0 Å². The van der Waals surface area contributed by atoms with Gasteiger partial charge in [0.05, 0.1) is 11.7 Å². The normalized spacial score (nSPS) is 21.8. The molecule has 7 heteroatoms. The maximum absolute atomic E-state index is 12.2. The van der Waals surface area contributed by atoms with Crippen molar-refractivity contribution in [2.45, 2.75) is 37.2 Å². The van der Waals surface area contributed by atoms with Crippen LogP contribution in [0.1, 0.15) is 25.0 Å². The van der Waals surface area contributed by atoms with E-state index in [9.17, 15) is 8.42 Å². The molecule has 0 radical (unpaired) electrons. The lowest BCUT2D eigenvalue weighted by atomic mass is 10.2. The standard InChI is InChI=1S/C15H18N2O4S/c18-22(19,11-12-9-10-20-16-12)17-14-7-4-8-15(14)21-13-5-2-1-3-6-13/h1-3,5-6,9-10,14-15,17H,4,7-8,11H2/t14-,15-/m0/s1. The van der Waals surface area contributed by atoms with Gasteiger partial charge in [-0.25, -0.2) is 13.1 Å². The molecule has 0 unspecified atom stereocenters. The first-order valence-corrected chi connectivity index (χ1v) is 8.88. The van der Waals surface area contributed by atoms with Gasteiger partial charge in [-0.15, -0.1) is 0 Å². The van der Waals surface area contributed by atoms with Crippen molar-refractivity contribution in [1.82, 2.24) is 9.88 Å². The highest BCUT2D eigenvalue weighted by molar-refractivity contribution is 7.88. The molecule has 1 heterocycles. The summed E-state index contributed by atoms with van der Waals surface area (Å²) in [6.07, 6.45) is 3.77. The van der Waals surface area contributed by atoms with Gasteiger partial charge in [-0.2, -0.15) is 0 Å². The number of benzene rings is 1. The Morgan fingerprint density at radius 2 is 2.05 bits per heavy atom. The number of para-hydroxylation sites is 1. The Balaban J connectivity index is 1.63. The van der Waals surface area contributed by atoms with E-state index < -0.39 is 10.0 Å². The first-order valence-electron chi connectivity index (χ1n) is 7.23. The highest BCUT2D eigenvalue weighted by Crippen LogP contribution is 2.25. The molecule has 1 aliphatic carbocycles. The van der Waals surface area contributed by atoms with E-state index >= 15 is 0 Å². The maximum atomic E-state index is 12.2. The molecule has 0 spiro atoms. The highest BCUT2D eigenvalue weighted by Gasteiger charge is 2.32. The summed E-state index contributed by atoms with van der Waals surface area (Å²) >= 11 is 0. The first kappa shape index (κ1) is 15.1. The fourth-order valence-corrected chi connectivity index (χ4v) is 4.01. The van der Waals surface area contributed by atoms with E-state index in [2.05, 4.69) is 14.4 Å². The summed E-state index contributed by atoms with van der Waals surface area (Å²) in [5, 5.41) is 3.64. The lowest BCUT2D eigenvalue weighted by Gasteiger charge is -2.22. The van der Waals surface area contributed by atoms with Crippen LogP contribution in [0.4, 0.5) is 0 Å². The van der Waals surface area contributed by atoms with Crippen molar-refractivity contribution in [3.05, 3.63) is 48.4 Å². The van der Waals surface area contributed by atoms with Crippen LogP contribution in [-0.4, -0.2) is 25.7 Å². The summed E-state index contributed by atoms with van der Waals surface area (Å²) in [4.78, 5) is 0. The van der Waals surface area contributed by atoms with Gasteiger partial charge in [0, 0.05) is 6.07 Å². The van der Waals surface area contributed by atoms with Crippen LogP contribution in [0.5, 0.6) is 5.75 Å². The highest BCUT2D eigenvalue weighted by atomic mass is 32.2. The molecule has 0 aliphatic heterocycles. The molecule has 1 aromatic carbocycles. The Labute approximate surface area is 129 Å². The van der Waals surface area contributed by atoms with Crippen molar-refractivity contribution >= 4 is 10.0 Å². The maximum Gasteiger partial charge on any atom is 0.217 e. The van der Waals surface area contributed by atoms with E-state index in [1.807, 2.05) is 30.3 Å². The molecule has 3 rings (SSSR count). The number of hydrogen-bond acceptors (Lipinski definition) is 5. The van der Waals surface area contributed by atoms with Crippen LogP contribution in [0.25, 0.3) is 0 Å². The van der Waals surface area contributed by atoms with Crippen molar-refractivity contribution in [3.8, 4) is 5.75 Å². The smallest absolute Gasteiger partial charge is 0.217 e. The fraction of sp³-hybridized carbons (Fsp3) is 0.400. The number of nitrogens with zero attached hydrogens (tertiary/aromatic N) is 1. The van der Waals surface area contributed by atoms with E-state index in [1.54, 1.807) is 6.07 Å². The number of aromatic nitrogens is 1. The van der Waals surface area contributed by atoms with E-state index in [1.165, 1.54) is 6.26 Å². The van der Waals surface area contributed by atoms with Crippen molar-refractivity contribution < 1.29 is 17.7 Å². The number of rotatable bonds is 6. The Bertz CT molecular complexity index is 686. The number of sulfonamides is 1. The van der Waals surface area contributed by atoms with Crippen LogP contribution in [0.3, 0.4) is 0 Å². The molecule has 6 nitrogen and oxygen atoms in total. The zero-order valence-electron chi connectivity index (χ0n) is 12.0. The molecule has 118 valence electrons. The van der Waals surface area contributed by atoms with Crippen molar-refractivity contribution in [3.63, 3.8) is 0 Å². The zero-order valence-corrected chi connectivity index (χ0v) is 12.8. The third kappa shape index (κ3) is 3.86. The topological polar surface area (TPSA) is 81.4 Å². The second-order valence-electron chi connectivity index (χ2n) is 5.37. The van der Waals surface area contributed by atoms with Crippen molar-refractivity contribution in [1.29, 1.82) is 0 Å². The van der Waals surface area contributed by atoms with Gasteiger partial charge in [0.2, 0.25) is 10.0 Å². The Hall–Kier alpha value is -1.86. The number of ether oxygens (including phenoxy) is 1. The van der Waals surface area contributed by atoms with E-state index in [0.29, 0.717) is 5.69 Å². The third-order valence-corrected chi connectivity index (χ3v) is 4.98. The van der Waals surface area contributed by atoms with Crippen LogP contribution in [0.15, 0.2) is 47.2 Å². The predicted molar refractivity (Wildman–Crippen MR) is 80.8 cm³/mol. The molecule has 0 amide bonds. The minimum Gasteiger partial charge on any atom is -0.489 e. The molecule has 1 saturated carbocycles. The molecule has 1 fully saturated rings. The molecule has 1 N–H and O–H groups in total. The summed E-state index contributed by atoms with van der Waals surface area (Å²) < 4.78 is 37.7. The average molecular weight is 322 g/mol. The first-order chi connectivity index (χ1) is 10.6. The molecule has 0 saturated heterocycles. The lowest BCUT2D eigenvalue weighted by molar-refractivity contribution is 0.185. The van der Waals surface area contributed by atoms with Gasteiger partial charge in [-0.3, -0.25) is 0 Å². The molecule has 2 aromatic rings. The molecule has 0 bridgehead atoms. The number of hydrogen-bond donors (Lipinski definition) is 1. The van der Waals surface area contributed by atoms with Gasteiger partial charge in [-0.05, 0) is 31.4 Å². The Kier molecular flexibility index (Phi) is 4.44. The van der Waals surface area contributed by atoms with Crippen molar-refractivity contribution in [2.75, 3.05) is 0 Å². The predicted octanol–water partition coefficient (Wildman–Crippen LogP) is 2.09. The van der Waals surface area contributed by atoms with Gasteiger partial charge in [0.15, 0.2) is 0 Å². The minimum atomic E-state index is -3.47. The molecular weight excluding hydrogens is 304 g/mol. The second-order valence-corrected chi connectivity index (χ2v) is 7.13. The third-order valence-electron chi connectivity index (χ3n) is 3.64. The summed E-state index contributed by atoms with van der Waals surface area (Å²) in [5.74, 6) is 0.577. The van der Waals surface area contributed by atoms with Crippen LogP contribution in [0, 0.1) is 0 Å². The van der Waals surface area contributed by atoms with Gasteiger partial charge in [0.25, 0.3) is 0 Å². The summed E-state index contributed by atoms with van der Waals surface area (Å²) in [7, 11) is -3.47. The largest absolute Gasteiger partial charge is 0.489 e. The molecule has 1 aromatic heterocycles. The van der Waals surface area contributed by atoms with Crippen LogP contribution in [0.2, 0.25) is 0 Å². The Morgan fingerprint density at radius 3 is 2.77 bits per heavy atom. The lowest BCUT2D eigenvalue weighted by Crippen LogP contribution is -2.42. The van der Waals surface area contributed by atoms with E-state index in [4.69, 9.17) is 4.74 Å². The van der Waals surface area contributed by atoms with Crippen LogP contribution >= 0.6 is 0 Å². The zero-order chi connectivity index (χ0) is 15.4. The van der Waals surface area contributed by atoms with E-state index in [0.717, 1.165) is 25.0 Å². The van der Waals surface area contributed by atoms with E-state index in [-0.39, 0.29) is 17.9 Å². The molecule has 22 heavy (non-hydrogen) atoms. The Morgan fingerprint density at radius 1 is 1.23 bits per heavy atom. The summed E-state index contributed by atoms with van der Waals surface area (Å²) in [5.41, 5.74) is 0.394. The van der Waals surface area contributed by atoms with Crippen LogP contribution < -0.4 is 9.46 Å². The fourth-order valence-electron chi connectivity index (χ4n) is 2.65.